The van der Waals surface area contributed by atoms with E-state index in [9.17, 15) is 14.4 Å². The average molecular weight is 471 g/mol. The second kappa shape index (κ2) is 21.0. The lowest BCUT2D eigenvalue weighted by molar-refractivity contribution is -0.167. The molecule has 0 aliphatic carbocycles. The van der Waals surface area contributed by atoms with Gasteiger partial charge in [0.05, 0.1) is 0 Å². The summed E-state index contributed by atoms with van der Waals surface area (Å²) in [5.74, 6) is 0.276. The molecule has 0 aromatic carbocycles. The van der Waals surface area contributed by atoms with E-state index in [2.05, 4.69) is 34.6 Å². The summed E-state index contributed by atoms with van der Waals surface area (Å²) >= 11 is 0. The van der Waals surface area contributed by atoms with Crippen molar-refractivity contribution in [3.63, 3.8) is 0 Å². The van der Waals surface area contributed by atoms with Gasteiger partial charge in [-0.1, -0.05) is 86.0 Å². The van der Waals surface area contributed by atoms with Crippen molar-refractivity contribution in [1.82, 2.24) is 0 Å². The number of hydrogen-bond donors (Lipinski definition) is 0. The van der Waals surface area contributed by atoms with Crippen molar-refractivity contribution in [2.24, 2.45) is 11.8 Å². The van der Waals surface area contributed by atoms with Crippen LogP contribution in [-0.2, 0) is 28.6 Å². The molecule has 194 valence electrons. The fraction of sp³-hybridized carbons (Fsp3) is 0.889. The van der Waals surface area contributed by atoms with Gasteiger partial charge in [0, 0.05) is 19.3 Å². The zero-order valence-corrected chi connectivity index (χ0v) is 22.0. The van der Waals surface area contributed by atoms with Crippen LogP contribution in [0.1, 0.15) is 125 Å². The Kier molecular flexibility index (Phi) is 20.0. The van der Waals surface area contributed by atoms with Crippen LogP contribution in [0.3, 0.4) is 0 Å². The first-order valence-electron chi connectivity index (χ1n) is 13.2. The van der Waals surface area contributed by atoms with Crippen molar-refractivity contribution in [3.8, 4) is 0 Å². The fourth-order valence-electron chi connectivity index (χ4n) is 3.39. The van der Waals surface area contributed by atoms with Gasteiger partial charge in [-0.3, -0.25) is 14.4 Å². The van der Waals surface area contributed by atoms with Gasteiger partial charge in [0.1, 0.15) is 13.2 Å². The molecule has 0 spiro atoms. The van der Waals surface area contributed by atoms with Crippen molar-refractivity contribution in [3.05, 3.63) is 0 Å². The standard InChI is InChI=1S/C27H50O6/c1-6-7-8-9-10-17-25(28)31-20-24(33-27(30)19-14-12-16-23(4)5)21-32-26(29)18-13-11-15-22(2)3/h22-24H,6-21H2,1-5H3. The Hall–Kier alpha value is -1.59. The molecule has 0 fully saturated rings. The smallest absolute Gasteiger partial charge is 0.306 e. The Morgan fingerprint density at radius 2 is 1.00 bits per heavy atom. The third kappa shape index (κ3) is 22.0. The quantitative estimate of drug-likeness (QED) is 0.104. The second-order valence-corrected chi connectivity index (χ2v) is 9.92. The van der Waals surface area contributed by atoms with Crippen molar-refractivity contribution in [2.45, 2.75) is 131 Å². The predicted molar refractivity (Wildman–Crippen MR) is 132 cm³/mol. The Labute approximate surface area is 202 Å². The van der Waals surface area contributed by atoms with E-state index in [-0.39, 0.29) is 31.1 Å². The second-order valence-electron chi connectivity index (χ2n) is 9.92. The van der Waals surface area contributed by atoms with E-state index >= 15 is 0 Å². The summed E-state index contributed by atoms with van der Waals surface area (Å²) in [7, 11) is 0. The molecule has 0 radical (unpaired) electrons. The van der Waals surface area contributed by atoms with Gasteiger partial charge >= 0.3 is 17.9 Å². The van der Waals surface area contributed by atoms with Crippen molar-refractivity contribution in [1.29, 1.82) is 0 Å². The Balaban J connectivity index is 4.42. The van der Waals surface area contributed by atoms with Crippen LogP contribution in [0.25, 0.3) is 0 Å². The summed E-state index contributed by atoms with van der Waals surface area (Å²) in [5.41, 5.74) is 0. The van der Waals surface area contributed by atoms with Gasteiger partial charge in [-0.05, 0) is 31.1 Å². The van der Waals surface area contributed by atoms with Gasteiger partial charge in [0.25, 0.3) is 0 Å². The van der Waals surface area contributed by atoms with E-state index in [1.54, 1.807) is 0 Å². The Morgan fingerprint density at radius 1 is 0.576 bits per heavy atom. The van der Waals surface area contributed by atoms with Gasteiger partial charge in [-0.2, -0.15) is 0 Å². The van der Waals surface area contributed by atoms with Crippen LogP contribution in [0.15, 0.2) is 0 Å². The average Bonchev–Trinajstić information content (AvgIpc) is 2.75. The first kappa shape index (κ1) is 31.4. The minimum atomic E-state index is -0.758. The van der Waals surface area contributed by atoms with Crippen LogP contribution in [-0.4, -0.2) is 37.2 Å². The van der Waals surface area contributed by atoms with E-state index in [0.717, 1.165) is 64.2 Å². The molecular weight excluding hydrogens is 420 g/mol. The highest BCUT2D eigenvalue weighted by Crippen LogP contribution is 2.12. The van der Waals surface area contributed by atoms with Crippen molar-refractivity contribution in [2.75, 3.05) is 13.2 Å². The molecule has 0 heterocycles. The number of unbranched alkanes of at least 4 members (excludes halogenated alkanes) is 6. The molecule has 0 amide bonds. The highest BCUT2D eigenvalue weighted by atomic mass is 16.6. The molecule has 0 saturated carbocycles. The summed E-state index contributed by atoms with van der Waals surface area (Å²) in [6.45, 7) is 10.6. The maximum atomic E-state index is 12.2. The molecule has 0 saturated heterocycles. The highest BCUT2D eigenvalue weighted by molar-refractivity contribution is 5.71. The molecule has 0 bridgehead atoms. The molecular formula is C27H50O6. The monoisotopic (exact) mass is 470 g/mol. The van der Waals surface area contributed by atoms with Crippen molar-refractivity contribution < 1.29 is 28.6 Å². The van der Waals surface area contributed by atoms with Crippen LogP contribution in [0.5, 0.6) is 0 Å². The summed E-state index contributed by atoms with van der Waals surface area (Å²) in [4.78, 5) is 36.3. The van der Waals surface area contributed by atoms with Crippen LogP contribution in [0.2, 0.25) is 0 Å². The maximum Gasteiger partial charge on any atom is 0.306 e. The van der Waals surface area contributed by atoms with E-state index in [1.807, 2.05) is 0 Å². The topological polar surface area (TPSA) is 78.9 Å². The number of esters is 3. The Bertz CT molecular complexity index is 515. The fourth-order valence-corrected chi connectivity index (χ4v) is 3.39. The summed E-state index contributed by atoms with van der Waals surface area (Å²) in [6, 6.07) is 0. The van der Waals surface area contributed by atoms with Gasteiger partial charge in [0.2, 0.25) is 0 Å². The predicted octanol–water partition coefficient (Wildman–Crippen LogP) is 6.78. The third-order valence-corrected chi connectivity index (χ3v) is 5.47. The van der Waals surface area contributed by atoms with Gasteiger partial charge in [-0.25, -0.2) is 0 Å². The molecule has 1 unspecified atom stereocenters. The molecule has 6 heteroatoms. The minimum Gasteiger partial charge on any atom is -0.462 e. The van der Waals surface area contributed by atoms with Crippen molar-refractivity contribution >= 4 is 17.9 Å². The lowest BCUT2D eigenvalue weighted by Crippen LogP contribution is -2.30. The number of carbonyl (C=O) groups excluding carboxylic acids is 3. The van der Waals surface area contributed by atoms with Crippen LogP contribution in [0.4, 0.5) is 0 Å². The highest BCUT2D eigenvalue weighted by Gasteiger charge is 2.19. The maximum absolute atomic E-state index is 12.2. The normalized spacial score (nSPS) is 12.1. The van der Waals surface area contributed by atoms with E-state index in [0.29, 0.717) is 31.1 Å². The molecule has 0 aromatic heterocycles. The molecule has 0 aliphatic rings. The molecule has 33 heavy (non-hydrogen) atoms. The zero-order valence-electron chi connectivity index (χ0n) is 22.0. The first-order valence-corrected chi connectivity index (χ1v) is 13.2. The van der Waals surface area contributed by atoms with E-state index in [4.69, 9.17) is 14.2 Å². The summed E-state index contributed by atoms with van der Waals surface area (Å²) in [5, 5.41) is 0. The molecule has 0 aromatic rings. The Morgan fingerprint density at radius 3 is 1.45 bits per heavy atom. The molecule has 0 rings (SSSR count). The largest absolute Gasteiger partial charge is 0.462 e. The SMILES string of the molecule is CCCCCCCC(=O)OCC(COC(=O)CCCCC(C)C)OC(=O)CCCCC(C)C. The number of ether oxygens (including phenoxy) is 3. The third-order valence-electron chi connectivity index (χ3n) is 5.47. The van der Waals surface area contributed by atoms with Crippen LogP contribution < -0.4 is 0 Å². The first-order chi connectivity index (χ1) is 15.7. The van der Waals surface area contributed by atoms with Crippen LogP contribution in [0, 0.1) is 11.8 Å². The number of carbonyl (C=O) groups is 3. The molecule has 0 N–H and O–H groups in total. The summed E-state index contributed by atoms with van der Waals surface area (Å²) in [6.07, 6.45) is 11.2. The molecule has 6 nitrogen and oxygen atoms in total. The van der Waals surface area contributed by atoms with E-state index in [1.165, 1.54) is 6.42 Å². The minimum absolute atomic E-state index is 0.0772. The zero-order chi connectivity index (χ0) is 24.9. The van der Waals surface area contributed by atoms with E-state index < -0.39 is 6.10 Å². The number of hydrogen-bond acceptors (Lipinski definition) is 6. The van der Waals surface area contributed by atoms with Gasteiger partial charge in [0.15, 0.2) is 6.10 Å². The summed E-state index contributed by atoms with van der Waals surface area (Å²) < 4.78 is 16.1. The lowest BCUT2D eigenvalue weighted by Gasteiger charge is -2.18. The molecule has 1 atom stereocenters. The molecule has 0 aliphatic heterocycles. The van der Waals surface area contributed by atoms with Gasteiger partial charge < -0.3 is 14.2 Å². The van der Waals surface area contributed by atoms with Crippen LogP contribution >= 0.6 is 0 Å². The number of rotatable bonds is 21. The van der Waals surface area contributed by atoms with Gasteiger partial charge in [-0.15, -0.1) is 0 Å². The lowest BCUT2D eigenvalue weighted by atomic mass is 10.1.